The smallest absolute Gasteiger partial charge is 0.335 e. The van der Waals surface area contributed by atoms with E-state index in [2.05, 4.69) is 28.7 Å². The molecule has 3 heteroatoms. The third kappa shape index (κ3) is 3.74. The zero-order chi connectivity index (χ0) is 18.7. The lowest BCUT2D eigenvalue weighted by Gasteiger charge is -2.48. The molecule has 1 aromatic heterocycles. The molecule has 0 spiro atoms. The molecule has 3 aliphatic carbocycles. The molecule has 0 unspecified atom stereocenters. The van der Waals surface area contributed by atoms with Crippen LogP contribution in [0.15, 0.2) is 48.8 Å². The minimum atomic E-state index is -0.906. The number of nitrogens with zero attached hydrogens (tertiary/aromatic N) is 1. The van der Waals surface area contributed by atoms with Gasteiger partial charge in [-0.1, -0.05) is 23.7 Å². The fraction of sp³-hybridized carbons (Fsp3) is 0.333. The quantitative estimate of drug-likeness (QED) is 0.765. The number of rotatable bonds is 1. The molecule has 0 radical (unpaired) electrons. The van der Waals surface area contributed by atoms with Crippen LogP contribution in [0.1, 0.15) is 60.0 Å². The molecule has 1 N–H and O–H groups in total. The van der Waals surface area contributed by atoms with Gasteiger partial charge in [0.05, 0.1) is 5.56 Å². The van der Waals surface area contributed by atoms with Gasteiger partial charge in [0.15, 0.2) is 0 Å². The van der Waals surface area contributed by atoms with E-state index in [9.17, 15) is 4.79 Å². The summed E-state index contributed by atoms with van der Waals surface area (Å²) in [5.41, 5.74) is 2.47. The Kier molecular flexibility index (Phi) is 4.46. The molecule has 0 atom stereocenters. The monoisotopic (exact) mass is 355 g/mol. The molecule has 3 saturated carbocycles. The van der Waals surface area contributed by atoms with E-state index in [1.165, 1.54) is 0 Å². The van der Waals surface area contributed by atoms with Crippen molar-refractivity contribution in [1.29, 1.82) is 0 Å². The van der Waals surface area contributed by atoms with Crippen LogP contribution in [0, 0.1) is 34.5 Å². The second-order valence-corrected chi connectivity index (χ2v) is 7.68. The largest absolute Gasteiger partial charge is 0.478 e. The van der Waals surface area contributed by atoms with Crippen LogP contribution in [0.2, 0.25) is 0 Å². The lowest BCUT2D eigenvalue weighted by molar-refractivity contribution is 0.0697. The van der Waals surface area contributed by atoms with Gasteiger partial charge in [0.2, 0.25) is 0 Å². The van der Waals surface area contributed by atoms with Crippen molar-refractivity contribution in [3.05, 3.63) is 65.5 Å². The van der Waals surface area contributed by atoms with Crippen LogP contribution in [-0.4, -0.2) is 16.1 Å². The van der Waals surface area contributed by atoms with E-state index in [0.717, 1.165) is 49.7 Å². The van der Waals surface area contributed by atoms with E-state index in [1.54, 1.807) is 36.7 Å². The number of aromatic nitrogens is 1. The summed E-state index contributed by atoms with van der Waals surface area (Å²) in [4.78, 5) is 15.0. The van der Waals surface area contributed by atoms with Gasteiger partial charge in [-0.3, -0.25) is 4.98 Å². The molecule has 1 aromatic carbocycles. The van der Waals surface area contributed by atoms with Crippen molar-refractivity contribution in [3.8, 4) is 23.7 Å². The molecule has 27 heavy (non-hydrogen) atoms. The summed E-state index contributed by atoms with van der Waals surface area (Å²) in [5, 5.41) is 8.98. The Morgan fingerprint density at radius 2 is 1.22 bits per heavy atom. The van der Waals surface area contributed by atoms with Crippen LogP contribution < -0.4 is 0 Å². The number of aromatic carboxylic acids is 1. The Bertz CT molecular complexity index is 944. The summed E-state index contributed by atoms with van der Waals surface area (Å²) in [6.07, 6.45) is 10.2. The number of benzene rings is 1. The molecule has 1 heterocycles. The van der Waals surface area contributed by atoms with Crippen LogP contribution in [0.3, 0.4) is 0 Å². The van der Waals surface area contributed by atoms with Crippen LogP contribution in [-0.2, 0) is 0 Å². The maximum absolute atomic E-state index is 10.9. The Labute approximate surface area is 159 Å². The molecule has 0 saturated heterocycles. The average molecular weight is 355 g/mol. The Hall–Kier alpha value is -3.04. The summed E-state index contributed by atoms with van der Waals surface area (Å²) in [6, 6.07) is 10.7. The van der Waals surface area contributed by atoms with Gasteiger partial charge in [0.1, 0.15) is 0 Å². The van der Waals surface area contributed by atoms with Crippen molar-refractivity contribution < 1.29 is 9.90 Å². The van der Waals surface area contributed by atoms with E-state index in [-0.39, 0.29) is 10.8 Å². The zero-order valence-corrected chi connectivity index (χ0v) is 15.2. The standard InChI is InChI=1S/C24H21NO2/c26-22(27)21-3-1-19(2-4-21)5-9-23-11-14-24(15-12-23,16-13-23)10-6-20-7-17-25-18-8-20/h1-4,7-8,17-18H,11-16H2,(H,26,27). The van der Waals surface area contributed by atoms with Gasteiger partial charge in [-0.15, -0.1) is 0 Å². The first-order valence-electron chi connectivity index (χ1n) is 9.38. The van der Waals surface area contributed by atoms with Crippen LogP contribution in [0.4, 0.5) is 0 Å². The molecular formula is C24H21NO2. The minimum Gasteiger partial charge on any atom is -0.478 e. The fourth-order valence-electron chi connectivity index (χ4n) is 4.10. The summed E-state index contributed by atoms with van der Waals surface area (Å²) in [6.45, 7) is 0. The van der Waals surface area contributed by atoms with E-state index >= 15 is 0 Å². The number of hydrogen-bond donors (Lipinski definition) is 1. The van der Waals surface area contributed by atoms with Crippen LogP contribution >= 0.6 is 0 Å². The van der Waals surface area contributed by atoms with Gasteiger partial charge in [-0.2, -0.15) is 0 Å². The van der Waals surface area contributed by atoms with Crippen LogP contribution in [0.5, 0.6) is 0 Å². The topological polar surface area (TPSA) is 50.2 Å². The second-order valence-electron chi connectivity index (χ2n) is 7.68. The molecule has 2 aromatic rings. The fourth-order valence-corrected chi connectivity index (χ4v) is 4.10. The molecule has 0 amide bonds. The van der Waals surface area contributed by atoms with Crippen molar-refractivity contribution in [2.24, 2.45) is 10.8 Å². The minimum absolute atomic E-state index is 0.103. The van der Waals surface area contributed by atoms with Crippen molar-refractivity contribution in [2.45, 2.75) is 38.5 Å². The van der Waals surface area contributed by atoms with Crippen LogP contribution in [0.25, 0.3) is 0 Å². The van der Waals surface area contributed by atoms with Crippen molar-refractivity contribution in [1.82, 2.24) is 4.98 Å². The van der Waals surface area contributed by atoms with Crippen molar-refractivity contribution in [2.75, 3.05) is 0 Å². The van der Waals surface area contributed by atoms with Gasteiger partial charge < -0.3 is 5.11 Å². The van der Waals surface area contributed by atoms with E-state index in [0.29, 0.717) is 5.56 Å². The highest BCUT2D eigenvalue weighted by Gasteiger charge is 2.47. The summed E-state index contributed by atoms with van der Waals surface area (Å²) in [7, 11) is 0. The number of pyridine rings is 1. The molecule has 3 fully saturated rings. The number of carboxylic acid groups (broad SMARTS) is 1. The highest BCUT2D eigenvalue weighted by Crippen LogP contribution is 2.56. The molecule has 5 rings (SSSR count). The van der Waals surface area contributed by atoms with Gasteiger partial charge in [0.25, 0.3) is 0 Å². The molecule has 2 bridgehead atoms. The predicted octanol–water partition coefficient (Wildman–Crippen LogP) is 4.52. The van der Waals surface area contributed by atoms with Crippen molar-refractivity contribution >= 4 is 5.97 Å². The highest BCUT2D eigenvalue weighted by molar-refractivity contribution is 5.87. The summed E-state index contributed by atoms with van der Waals surface area (Å²) < 4.78 is 0. The lowest BCUT2D eigenvalue weighted by Crippen LogP contribution is -2.40. The summed E-state index contributed by atoms with van der Waals surface area (Å²) >= 11 is 0. The molecule has 0 aliphatic heterocycles. The summed E-state index contributed by atoms with van der Waals surface area (Å²) in [5.74, 6) is 12.8. The maximum atomic E-state index is 10.9. The normalized spacial score (nSPS) is 25.6. The van der Waals surface area contributed by atoms with Gasteiger partial charge in [-0.25, -0.2) is 4.79 Å². The Morgan fingerprint density at radius 1 is 0.778 bits per heavy atom. The van der Waals surface area contributed by atoms with E-state index in [1.807, 2.05) is 12.1 Å². The molecule has 3 nitrogen and oxygen atoms in total. The maximum Gasteiger partial charge on any atom is 0.335 e. The number of carbonyl (C=O) groups is 1. The Morgan fingerprint density at radius 3 is 1.67 bits per heavy atom. The first-order valence-corrected chi connectivity index (χ1v) is 9.38. The lowest BCUT2D eigenvalue weighted by atomic mass is 9.54. The third-order valence-electron chi connectivity index (χ3n) is 6.00. The van der Waals surface area contributed by atoms with Crippen molar-refractivity contribution in [3.63, 3.8) is 0 Å². The van der Waals surface area contributed by atoms with Gasteiger partial charge >= 0.3 is 5.97 Å². The Balaban J connectivity index is 1.46. The SMILES string of the molecule is O=C(O)c1ccc(C#CC23CCC(C#Cc4ccncc4)(CC2)CC3)cc1. The first-order chi connectivity index (χ1) is 13.1. The molecule has 3 aliphatic rings. The van der Waals surface area contributed by atoms with E-state index in [4.69, 9.17) is 5.11 Å². The van der Waals surface area contributed by atoms with Gasteiger partial charge in [0, 0.05) is 34.4 Å². The number of hydrogen-bond acceptors (Lipinski definition) is 2. The number of carboxylic acids is 1. The van der Waals surface area contributed by atoms with Gasteiger partial charge in [-0.05, 0) is 74.9 Å². The van der Waals surface area contributed by atoms with E-state index < -0.39 is 5.97 Å². The second kappa shape index (κ2) is 6.93. The predicted molar refractivity (Wildman–Crippen MR) is 104 cm³/mol. The average Bonchev–Trinajstić information content (AvgIpc) is 2.73. The molecule has 134 valence electrons. The zero-order valence-electron chi connectivity index (χ0n) is 15.2. The third-order valence-corrected chi connectivity index (χ3v) is 6.00. The molecular weight excluding hydrogens is 334 g/mol. The first kappa shape index (κ1) is 17.4. The highest BCUT2D eigenvalue weighted by atomic mass is 16.4. The number of fused-ring (bicyclic) bond motifs is 3.